The first-order chi connectivity index (χ1) is 21.2. The third-order valence-electron chi connectivity index (χ3n) is 9.05. The van der Waals surface area contributed by atoms with Crippen molar-refractivity contribution in [1.29, 1.82) is 0 Å². The number of pyridine rings is 2. The zero-order chi connectivity index (χ0) is 32.7. The second-order valence-corrected chi connectivity index (χ2v) is 15.6. The van der Waals surface area contributed by atoms with Crippen molar-refractivity contribution in [3.8, 4) is 0 Å². The average Bonchev–Trinajstić information content (AvgIpc) is 2.96. The highest BCUT2D eigenvalue weighted by Crippen LogP contribution is 2.35. The van der Waals surface area contributed by atoms with Crippen LogP contribution in [-0.4, -0.2) is 26.3 Å². The van der Waals surface area contributed by atoms with E-state index in [1.54, 1.807) is 39.8 Å². The fourth-order valence-electron chi connectivity index (χ4n) is 7.14. The lowest BCUT2D eigenvalue weighted by molar-refractivity contribution is 0.240. The first kappa shape index (κ1) is 33.0. The Bertz CT molecular complexity index is 1810. The van der Waals surface area contributed by atoms with E-state index in [0.717, 1.165) is 73.7 Å². The Hall–Kier alpha value is -3.38. The Labute approximate surface area is 265 Å². The van der Waals surface area contributed by atoms with Crippen LogP contribution in [0.15, 0.2) is 49.7 Å². The first-order valence-electron chi connectivity index (χ1n) is 15.7. The van der Waals surface area contributed by atoms with E-state index in [9.17, 15) is 26.4 Å². The van der Waals surface area contributed by atoms with Crippen LogP contribution in [0, 0.1) is 34.6 Å². The van der Waals surface area contributed by atoms with Crippen LogP contribution >= 0.6 is 0 Å². The van der Waals surface area contributed by atoms with Gasteiger partial charge in [-0.15, -0.1) is 9.46 Å². The van der Waals surface area contributed by atoms with Gasteiger partial charge in [-0.05, 0) is 100 Å². The predicted molar refractivity (Wildman–Crippen MR) is 171 cm³/mol. The van der Waals surface area contributed by atoms with E-state index in [1.807, 2.05) is 0 Å². The van der Waals surface area contributed by atoms with Gasteiger partial charge in [0.05, 0.1) is 11.4 Å². The quantitative estimate of drug-likeness (QED) is 0.320. The smallest absolute Gasteiger partial charge is 0.280 e. The van der Waals surface area contributed by atoms with Crippen molar-refractivity contribution in [2.24, 2.45) is 0 Å². The lowest BCUT2D eigenvalue weighted by Crippen LogP contribution is -2.36. The molecular formula is C33H42N2O8S2. The molecule has 10 nitrogen and oxygen atoms in total. The molecule has 2 aliphatic carbocycles. The molecule has 0 amide bonds. The molecule has 45 heavy (non-hydrogen) atoms. The second kappa shape index (κ2) is 12.8. The number of hydrogen-bond acceptors (Lipinski definition) is 8. The molecular weight excluding hydrogens is 617 g/mol. The molecule has 5 rings (SSSR count). The van der Waals surface area contributed by atoms with Crippen molar-refractivity contribution >= 4 is 20.2 Å². The highest BCUT2D eigenvalue weighted by Gasteiger charge is 2.34. The maximum Gasteiger partial charge on any atom is 0.357 e. The van der Waals surface area contributed by atoms with Crippen LogP contribution < -0.4 is 19.7 Å². The predicted octanol–water partition coefficient (Wildman–Crippen LogP) is 5.28. The van der Waals surface area contributed by atoms with E-state index in [-0.39, 0.29) is 38.3 Å². The van der Waals surface area contributed by atoms with Gasteiger partial charge in [-0.25, -0.2) is 0 Å². The molecule has 244 valence electrons. The van der Waals surface area contributed by atoms with E-state index in [4.69, 9.17) is 8.57 Å². The van der Waals surface area contributed by atoms with Crippen LogP contribution in [0.1, 0.15) is 115 Å². The Morgan fingerprint density at radius 1 is 0.556 bits per heavy atom. The molecule has 0 unspecified atom stereocenters. The van der Waals surface area contributed by atoms with Gasteiger partial charge in [-0.3, -0.25) is 18.2 Å². The molecule has 0 bridgehead atoms. The Morgan fingerprint density at radius 2 is 0.911 bits per heavy atom. The van der Waals surface area contributed by atoms with Gasteiger partial charge in [0.1, 0.15) is 9.79 Å². The number of aryl methyl sites for hydroxylation is 4. The normalized spacial score (nSPS) is 16.9. The van der Waals surface area contributed by atoms with Gasteiger partial charge in [0.15, 0.2) is 0 Å². The van der Waals surface area contributed by atoms with Crippen LogP contribution in [0.2, 0.25) is 0 Å². The molecule has 2 saturated carbocycles. The summed E-state index contributed by atoms with van der Waals surface area (Å²) in [7, 11) is -9.42. The van der Waals surface area contributed by atoms with Crippen LogP contribution in [0.4, 0.5) is 0 Å². The Kier molecular flexibility index (Phi) is 9.38. The van der Waals surface area contributed by atoms with Gasteiger partial charge in [-0.2, -0.15) is 16.8 Å². The summed E-state index contributed by atoms with van der Waals surface area (Å²) in [5, 5.41) is 0. The number of benzene rings is 1. The summed E-state index contributed by atoms with van der Waals surface area (Å²) in [6.07, 6.45) is 9.20. The standard InChI is InChI=1S/C33H42N2O8S2/c1-21-16-28(26-12-8-6-9-13-26)34(30(36)18-21)42-44(38,39)32-23(3)20-24(4)33(25(32)5)45(40,41)43-35-29(17-22(2)19-31(35)37)27-14-10-7-11-15-27/h16-20,26-27H,6-15H2,1-5H3. The van der Waals surface area contributed by atoms with Crippen molar-refractivity contribution in [2.75, 3.05) is 0 Å². The highest BCUT2D eigenvalue weighted by molar-refractivity contribution is 7.88. The van der Waals surface area contributed by atoms with Crippen LogP contribution in [0.25, 0.3) is 0 Å². The van der Waals surface area contributed by atoms with Gasteiger partial charge < -0.3 is 0 Å². The monoisotopic (exact) mass is 658 g/mol. The molecule has 0 saturated heterocycles. The summed E-state index contributed by atoms with van der Waals surface area (Å²) in [5.74, 6) is -0.0884. The topological polar surface area (TPSA) is 131 Å². The zero-order valence-corrected chi connectivity index (χ0v) is 28.2. The largest absolute Gasteiger partial charge is 0.357 e. The fraction of sp³-hybridized carbons (Fsp3) is 0.515. The SMILES string of the molecule is Cc1cc(C2CCCCC2)n(OS(=O)(=O)c2c(C)cc(C)c(S(=O)(=O)On3c(C4CCCCC4)cc(C)cc3=O)c2C)c(=O)c1. The van der Waals surface area contributed by atoms with E-state index >= 15 is 0 Å². The summed E-state index contributed by atoms with van der Waals surface area (Å²) < 4.78 is 68.6. The molecule has 12 heteroatoms. The molecule has 2 aliphatic rings. The van der Waals surface area contributed by atoms with Crippen molar-refractivity contribution < 1.29 is 25.4 Å². The second-order valence-electron chi connectivity index (χ2n) is 12.7. The van der Waals surface area contributed by atoms with E-state index in [2.05, 4.69) is 0 Å². The van der Waals surface area contributed by atoms with Gasteiger partial charge in [0.2, 0.25) is 0 Å². The summed E-state index contributed by atoms with van der Waals surface area (Å²) in [5.41, 5.74) is 1.50. The minimum absolute atomic E-state index is 0.0442. The molecule has 2 heterocycles. The molecule has 0 spiro atoms. The minimum atomic E-state index is -4.71. The molecule has 3 aromatic rings. The van der Waals surface area contributed by atoms with Gasteiger partial charge in [-0.1, -0.05) is 44.6 Å². The van der Waals surface area contributed by atoms with Crippen molar-refractivity contribution in [3.63, 3.8) is 0 Å². The minimum Gasteiger partial charge on any atom is -0.280 e. The molecule has 1 aromatic carbocycles. The zero-order valence-electron chi connectivity index (χ0n) is 26.6. The number of hydrogen-bond donors (Lipinski definition) is 0. The third-order valence-corrected chi connectivity index (χ3v) is 12.0. The first-order valence-corrected chi connectivity index (χ1v) is 18.5. The Balaban J connectivity index is 1.58. The summed E-state index contributed by atoms with van der Waals surface area (Å²) in [6.45, 7) is 8.00. The van der Waals surface area contributed by atoms with Gasteiger partial charge >= 0.3 is 20.2 Å². The van der Waals surface area contributed by atoms with Crippen molar-refractivity contribution in [2.45, 2.75) is 120 Å². The number of rotatable bonds is 8. The fourth-order valence-corrected chi connectivity index (χ4v) is 9.93. The van der Waals surface area contributed by atoms with E-state index in [1.165, 1.54) is 25.1 Å². The molecule has 2 fully saturated rings. The molecule has 2 aromatic heterocycles. The highest BCUT2D eigenvalue weighted by atomic mass is 32.2. The van der Waals surface area contributed by atoms with Crippen molar-refractivity contribution in [1.82, 2.24) is 9.46 Å². The molecule has 0 radical (unpaired) electrons. The molecule has 0 aliphatic heterocycles. The third kappa shape index (κ3) is 6.77. The summed E-state index contributed by atoms with van der Waals surface area (Å²) in [4.78, 5) is 25.5. The van der Waals surface area contributed by atoms with Gasteiger partial charge in [0.25, 0.3) is 11.1 Å². The van der Waals surface area contributed by atoms with Crippen LogP contribution in [-0.2, 0) is 20.2 Å². The number of aromatic nitrogens is 2. The van der Waals surface area contributed by atoms with E-state index < -0.39 is 31.4 Å². The lowest BCUT2D eigenvalue weighted by atomic mass is 9.86. The summed E-state index contributed by atoms with van der Waals surface area (Å²) >= 11 is 0. The van der Waals surface area contributed by atoms with Crippen molar-refractivity contribution in [3.05, 3.63) is 90.2 Å². The van der Waals surface area contributed by atoms with E-state index in [0.29, 0.717) is 22.5 Å². The number of nitrogens with zero attached hydrogens (tertiary/aromatic N) is 2. The average molecular weight is 659 g/mol. The van der Waals surface area contributed by atoms with Gasteiger partial charge in [0, 0.05) is 24.0 Å². The van der Waals surface area contributed by atoms with Crippen LogP contribution in [0.5, 0.6) is 0 Å². The summed E-state index contributed by atoms with van der Waals surface area (Å²) in [6, 6.07) is 7.59. The maximum atomic E-state index is 13.9. The molecule has 0 N–H and O–H groups in total. The molecule has 0 atom stereocenters. The Morgan fingerprint density at radius 3 is 1.27 bits per heavy atom. The maximum absolute atomic E-state index is 13.9. The van der Waals surface area contributed by atoms with Crippen LogP contribution in [0.3, 0.4) is 0 Å². The lowest BCUT2D eigenvalue weighted by Gasteiger charge is -2.26.